The number of carbonyl (C=O) groups excluding carboxylic acids is 1. The lowest BCUT2D eigenvalue weighted by atomic mass is 10.1. The van der Waals surface area contributed by atoms with Gasteiger partial charge in [-0.25, -0.2) is 0 Å². The van der Waals surface area contributed by atoms with Gasteiger partial charge in [0, 0.05) is 19.6 Å². The molecule has 1 amide bonds. The van der Waals surface area contributed by atoms with E-state index in [0.29, 0.717) is 23.7 Å². The Morgan fingerprint density at radius 2 is 2.42 bits per heavy atom. The van der Waals surface area contributed by atoms with Crippen LogP contribution in [-0.4, -0.2) is 36.2 Å². The molecule has 1 unspecified atom stereocenters. The van der Waals surface area contributed by atoms with Crippen LogP contribution < -0.4 is 16.0 Å². The van der Waals surface area contributed by atoms with Gasteiger partial charge < -0.3 is 21.1 Å². The smallest absolute Gasteiger partial charge is 0.263 e. The summed E-state index contributed by atoms with van der Waals surface area (Å²) in [7, 11) is 0. The summed E-state index contributed by atoms with van der Waals surface area (Å²) in [6.45, 7) is 5.88. The first kappa shape index (κ1) is 14.1. The van der Waals surface area contributed by atoms with Gasteiger partial charge in [-0.3, -0.25) is 4.79 Å². The quantitative estimate of drug-likeness (QED) is 0.781. The minimum absolute atomic E-state index is 0.110. The van der Waals surface area contributed by atoms with Crippen LogP contribution >= 0.6 is 11.3 Å². The number of nitrogens with zero attached hydrogens (tertiary/aromatic N) is 1. The van der Waals surface area contributed by atoms with E-state index in [1.54, 1.807) is 0 Å². The van der Waals surface area contributed by atoms with Crippen LogP contribution in [0.15, 0.2) is 6.07 Å². The van der Waals surface area contributed by atoms with Gasteiger partial charge in [-0.1, -0.05) is 6.92 Å². The number of aliphatic hydroxyl groups is 1. The number of anilines is 2. The largest absolute Gasteiger partial charge is 0.397 e. The number of nitrogens with two attached hydrogens (primary N) is 1. The van der Waals surface area contributed by atoms with Crippen LogP contribution in [0.5, 0.6) is 0 Å². The van der Waals surface area contributed by atoms with Gasteiger partial charge in [0.1, 0.15) is 4.88 Å². The maximum absolute atomic E-state index is 11.9. The molecule has 0 aromatic carbocycles. The zero-order chi connectivity index (χ0) is 14.0. The Kier molecular flexibility index (Phi) is 4.01. The minimum Gasteiger partial charge on any atom is -0.397 e. The third-order valence-corrected chi connectivity index (χ3v) is 4.46. The molecule has 0 aliphatic carbocycles. The fourth-order valence-electron chi connectivity index (χ4n) is 2.18. The fourth-order valence-corrected chi connectivity index (χ4v) is 3.20. The van der Waals surface area contributed by atoms with Crippen LogP contribution in [0.1, 0.15) is 36.4 Å². The standard InChI is InChI=1S/C13H21N3O2S/c1-3-5-15-12(17)11-9(14)7-10(19-11)16-6-4-13(2,18)8-16/h7,18H,3-6,8,14H2,1-2H3,(H,15,17). The molecule has 6 heteroatoms. The number of hydrogen-bond donors (Lipinski definition) is 3. The van der Waals surface area contributed by atoms with E-state index in [9.17, 15) is 9.90 Å². The molecular formula is C13H21N3O2S. The fraction of sp³-hybridized carbons (Fsp3) is 0.615. The lowest BCUT2D eigenvalue weighted by Gasteiger charge is -2.18. The first-order valence-corrected chi connectivity index (χ1v) is 7.39. The molecule has 19 heavy (non-hydrogen) atoms. The molecule has 1 saturated heterocycles. The average Bonchev–Trinajstić information content (AvgIpc) is 2.89. The van der Waals surface area contributed by atoms with Crippen molar-refractivity contribution in [1.29, 1.82) is 0 Å². The van der Waals surface area contributed by atoms with E-state index in [1.165, 1.54) is 11.3 Å². The van der Waals surface area contributed by atoms with E-state index >= 15 is 0 Å². The Labute approximate surface area is 117 Å². The van der Waals surface area contributed by atoms with Crippen LogP contribution in [0.4, 0.5) is 10.7 Å². The SMILES string of the molecule is CCCNC(=O)c1sc(N2CCC(C)(O)C2)cc1N. The van der Waals surface area contributed by atoms with E-state index in [1.807, 2.05) is 19.9 Å². The van der Waals surface area contributed by atoms with Crippen molar-refractivity contribution < 1.29 is 9.90 Å². The third-order valence-electron chi connectivity index (χ3n) is 3.25. The zero-order valence-corrected chi connectivity index (χ0v) is 12.2. The Morgan fingerprint density at radius 1 is 1.68 bits per heavy atom. The predicted molar refractivity (Wildman–Crippen MR) is 78.8 cm³/mol. The monoisotopic (exact) mass is 283 g/mol. The van der Waals surface area contributed by atoms with Crippen molar-refractivity contribution in [2.24, 2.45) is 0 Å². The van der Waals surface area contributed by atoms with Gasteiger partial charge in [0.25, 0.3) is 5.91 Å². The number of carbonyl (C=O) groups is 1. The normalized spacial score (nSPS) is 22.8. The van der Waals surface area contributed by atoms with Crippen LogP contribution in [-0.2, 0) is 0 Å². The lowest BCUT2D eigenvalue weighted by Crippen LogP contribution is -2.29. The van der Waals surface area contributed by atoms with Crippen LogP contribution in [0.3, 0.4) is 0 Å². The van der Waals surface area contributed by atoms with E-state index in [0.717, 1.165) is 24.4 Å². The second-order valence-electron chi connectivity index (χ2n) is 5.29. The molecule has 1 atom stereocenters. The lowest BCUT2D eigenvalue weighted by molar-refractivity contribution is 0.0839. The van der Waals surface area contributed by atoms with Gasteiger partial charge in [0.15, 0.2) is 0 Å². The molecular weight excluding hydrogens is 262 g/mol. The van der Waals surface area contributed by atoms with Gasteiger partial charge in [-0.15, -0.1) is 11.3 Å². The molecule has 1 aromatic heterocycles. The molecule has 1 aliphatic heterocycles. The molecule has 5 nitrogen and oxygen atoms in total. The first-order chi connectivity index (χ1) is 8.93. The first-order valence-electron chi connectivity index (χ1n) is 6.58. The molecule has 0 bridgehead atoms. The highest BCUT2D eigenvalue weighted by Crippen LogP contribution is 2.35. The zero-order valence-electron chi connectivity index (χ0n) is 11.4. The van der Waals surface area contributed by atoms with Gasteiger partial charge >= 0.3 is 0 Å². The van der Waals surface area contributed by atoms with Gasteiger partial charge in [-0.05, 0) is 25.8 Å². The van der Waals surface area contributed by atoms with Gasteiger partial charge in [0.2, 0.25) is 0 Å². The number of nitrogens with one attached hydrogen (secondary N) is 1. The molecule has 0 radical (unpaired) electrons. The number of amides is 1. The number of β-amino-alcohol motifs (C(OH)–C–C–N with tert-alkyl or cyclic N) is 1. The van der Waals surface area contributed by atoms with E-state index in [2.05, 4.69) is 10.2 Å². The highest BCUT2D eigenvalue weighted by Gasteiger charge is 2.32. The maximum atomic E-state index is 11.9. The second-order valence-corrected chi connectivity index (χ2v) is 6.32. The highest BCUT2D eigenvalue weighted by atomic mass is 32.1. The maximum Gasteiger partial charge on any atom is 0.263 e. The van der Waals surface area contributed by atoms with Crippen LogP contribution in [0.25, 0.3) is 0 Å². The summed E-state index contributed by atoms with van der Waals surface area (Å²) in [5, 5.41) is 13.8. The van der Waals surface area contributed by atoms with E-state index < -0.39 is 5.60 Å². The summed E-state index contributed by atoms with van der Waals surface area (Å²) in [5.41, 5.74) is 5.77. The Hall–Kier alpha value is -1.27. The molecule has 0 saturated carbocycles. The highest BCUT2D eigenvalue weighted by molar-refractivity contribution is 7.18. The molecule has 2 rings (SSSR count). The van der Waals surface area contributed by atoms with Crippen LogP contribution in [0, 0.1) is 0 Å². The number of hydrogen-bond acceptors (Lipinski definition) is 5. The molecule has 1 aliphatic rings. The van der Waals surface area contributed by atoms with Crippen molar-refractivity contribution >= 4 is 27.9 Å². The van der Waals surface area contributed by atoms with Gasteiger partial charge in [-0.2, -0.15) is 0 Å². The van der Waals surface area contributed by atoms with E-state index in [-0.39, 0.29) is 5.91 Å². The van der Waals surface area contributed by atoms with Crippen molar-refractivity contribution in [3.05, 3.63) is 10.9 Å². The number of nitrogen functional groups attached to an aromatic ring is 1. The predicted octanol–water partition coefficient (Wildman–Crippen LogP) is 1.43. The van der Waals surface area contributed by atoms with Crippen molar-refractivity contribution in [1.82, 2.24) is 5.32 Å². The van der Waals surface area contributed by atoms with Crippen molar-refractivity contribution in [3.63, 3.8) is 0 Å². The van der Waals surface area contributed by atoms with Gasteiger partial charge in [0.05, 0.1) is 16.3 Å². The summed E-state index contributed by atoms with van der Waals surface area (Å²) in [4.78, 5) is 14.6. The molecule has 0 spiro atoms. The summed E-state index contributed by atoms with van der Waals surface area (Å²) >= 11 is 1.39. The molecule has 1 aromatic rings. The summed E-state index contributed by atoms with van der Waals surface area (Å²) in [5.74, 6) is -0.110. The Morgan fingerprint density at radius 3 is 3.00 bits per heavy atom. The average molecular weight is 283 g/mol. The molecule has 1 fully saturated rings. The summed E-state index contributed by atoms with van der Waals surface area (Å²) in [6, 6.07) is 1.83. The van der Waals surface area contributed by atoms with Crippen molar-refractivity contribution in [2.45, 2.75) is 32.3 Å². The topological polar surface area (TPSA) is 78.6 Å². The van der Waals surface area contributed by atoms with Crippen LogP contribution in [0.2, 0.25) is 0 Å². The molecule has 106 valence electrons. The molecule has 2 heterocycles. The van der Waals surface area contributed by atoms with Crippen molar-refractivity contribution in [2.75, 3.05) is 30.3 Å². The summed E-state index contributed by atoms with van der Waals surface area (Å²) in [6.07, 6.45) is 1.64. The summed E-state index contributed by atoms with van der Waals surface area (Å²) < 4.78 is 0. The number of thiophene rings is 1. The Bertz CT molecular complexity index is 470. The van der Waals surface area contributed by atoms with E-state index in [4.69, 9.17) is 5.73 Å². The number of rotatable bonds is 4. The second kappa shape index (κ2) is 5.38. The third kappa shape index (κ3) is 3.19. The van der Waals surface area contributed by atoms with Crippen molar-refractivity contribution in [3.8, 4) is 0 Å². The minimum atomic E-state index is -0.649. The molecule has 4 N–H and O–H groups in total. The Balaban J connectivity index is 2.11.